The lowest BCUT2D eigenvalue weighted by molar-refractivity contribution is 0.174. The van der Waals surface area contributed by atoms with Crippen molar-refractivity contribution >= 4 is 21.6 Å². The smallest absolute Gasteiger partial charge is 0.231 e. The number of nitrogens with two attached hydrogens (primary N) is 1. The van der Waals surface area contributed by atoms with Crippen LogP contribution in [0.4, 0.5) is 5.69 Å². The van der Waals surface area contributed by atoms with Crippen LogP contribution in [-0.4, -0.2) is 6.79 Å². The van der Waals surface area contributed by atoms with Crippen molar-refractivity contribution in [3.8, 4) is 17.2 Å². The molecule has 0 unspecified atom stereocenters. The number of benzene rings is 2. The number of rotatable bonds is 3. The van der Waals surface area contributed by atoms with E-state index >= 15 is 0 Å². The summed E-state index contributed by atoms with van der Waals surface area (Å²) in [5.74, 6) is 2.18. The molecule has 1 aliphatic heterocycles. The molecular weight excluding hydrogens is 310 g/mol. The number of fused-ring (bicyclic) bond motifs is 1. The zero-order chi connectivity index (χ0) is 13.2. The van der Waals surface area contributed by atoms with Crippen molar-refractivity contribution in [3.63, 3.8) is 0 Å². The molecule has 0 aromatic heterocycles. The first-order chi connectivity index (χ1) is 9.22. The lowest BCUT2D eigenvalue weighted by Gasteiger charge is -2.09. The van der Waals surface area contributed by atoms with Crippen LogP contribution in [0.25, 0.3) is 0 Å². The highest BCUT2D eigenvalue weighted by Gasteiger charge is 2.13. The number of hydrogen-bond donors (Lipinski definition) is 1. The van der Waals surface area contributed by atoms with Crippen molar-refractivity contribution in [2.24, 2.45) is 0 Å². The van der Waals surface area contributed by atoms with Gasteiger partial charge < -0.3 is 19.9 Å². The van der Waals surface area contributed by atoms with E-state index in [1.54, 1.807) is 6.07 Å². The Bertz CT molecular complexity index is 616. The van der Waals surface area contributed by atoms with Gasteiger partial charge in [0.25, 0.3) is 0 Å². The van der Waals surface area contributed by atoms with E-state index in [0.29, 0.717) is 18.0 Å². The van der Waals surface area contributed by atoms with Crippen molar-refractivity contribution in [1.29, 1.82) is 0 Å². The van der Waals surface area contributed by atoms with E-state index in [4.69, 9.17) is 19.9 Å². The molecule has 1 aliphatic rings. The predicted molar refractivity (Wildman–Crippen MR) is 75.5 cm³/mol. The number of nitrogen functional groups attached to an aromatic ring is 1. The Kier molecular flexibility index (Phi) is 3.21. The van der Waals surface area contributed by atoms with E-state index < -0.39 is 0 Å². The Labute approximate surface area is 119 Å². The molecule has 5 heteroatoms. The van der Waals surface area contributed by atoms with Crippen LogP contribution in [0, 0.1) is 0 Å². The highest BCUT2D eigenvalue weighted by atomic mass is 79.9. The summed E-state index contributed by atoms with van der Waals surface area (Å²) in [7, 11) is 0. The van der Waals surface area contributed by atoms with Crippen LogP contribution in [0.2, 0.25) is 0 Å². The van der Waals surface area contributed by atoms with E-state index in [1.165, 1.54) is 0 Å². The maximum absolute atomic E-state index is 5.85. The molecule has 2 aromatic carbocycles. The van der Waals surface area contributed by atoms with Crippen molar-refractivity contribution in [1.82, 2.24) is 0 Å². The van der Waals surface area contributed by atoms with Crippen LogP contribution in [0.3, 0.4) is 0 Å². The zero-order valence-corrected chi connectivity index (χ0v) is 11.6. The molecule has 19 heavy (non-hydrogen) atoms. The van der Waals surface area contributed by atoms with Gasteiger partial charge in [-0.2, -0.15) is 0 Å². The maximum Gasteiger partial charge on any atom is 0.231 e. The Balaban J connectivity index is 1.74. The van der Waals surface area contributed by atoms with E-state index in [0.717, 1.165) is 21.5 Å². The molecule has 2 aromatic rings. The minimum atomic E-state index is 0.276. The second-order valence-electron chi connectivity index (χ2n) is 4.16. The summed E-state index contributed by atoms with van der Waals surface area (Å²) in [5.41, 5.74) is 7.47. The largest absolute Gasteiger partial charge is 0.487 e. The fourth-order valence-electron chi connectivity index (χ4n) is 1.83. The van der Waals surface area contributed by atoms with Gasteiger partial charge in [-0.25, -0.2) is 0 Å². The van der Waals surface area contributed by atoms with Crippen LogP contribution in [-0.2, 0) is 6.61 Å². The third kappa shape index (κ3) is 2.61. The lowest BCUT2D eigenvalue weighted by Crippen LogP contribution is -1.98. The van der Waals surface area contributed by atoms with Crippen LogP contribution in [0.15, 0.2) is 40.9 Å². The van der Waals surface area contributed by atoms with Gasteiger partial charge in [0.05, 0.1) is 5.69 Å². The van der Waals surface area contributed by atoms with E-state index in [1.807, 2.05) is 30.3 Å². The first-order valence-corrected chi connectivity index (χ1v) is 6.58. The molecule has 0 aliphatic carbocycles. The topological polar surface area (TPSA) is 53.7 Å². The predicted octanol–water partition coefficient (Wildman–Crippen LogP) is 3.34. The molecule has 0 bridgehead atoms. The molecule has 98 valence electrons. The van der Waals surface area contributed by atoms with Gasteiger partial charge in [0.1, 0.15) is 12.4 Å². The van der Waals surface area contributed by atoms with Gasteiger partial charge in [-0.1, -0.05) is 22.0 Å². The number of ether oxygens (including phenoxy) is 3. The Morgan fingerprint density at radius 1 is 1.11 bits per heavy atom. The normalized spacial score (nSPS) is 12.5. The average Bonchev–Trinajstić information content (AvgIpc) is 2.87. The van der Waals surface area contributed by atoms with Crippen LogP contribution >= 0.6 is 15.9 Å². The maximum atomic E-state index is 5.85. The molecule has 0 radical (unpaired) electrons. The van der Waals surface area contributed by atoms with Gasteiger partial charge in [-0.3, -0.25) is 0 Å². The van der Waals surface area contributed by atoms with Gasteiger partial charge >= 0.3 is 0 Å². The van der Waals surface area contributed by atoms with Crippen molar-refractivity contribution < 1.29 is 14.2 Å². The fourth-order valence-corrected chi connectivity index (χ4v) is 2.17. The first kappa shape index (κ1) is 12.2. The summed E-state index contributed by atoms with van der Waals surface area (Å²) < 4.78 is 17.2. The third-order valence-electron chi connectivity index (χ3n) is 2.81. The average molecular weight is 322 g/mol. The van der Waals surface area contributed by atoms with Gasteiger partial charge in [0.15, 0.2) is 11.5 Å². The second-order valence-corrected chi connectivity index (χ2v) is 5.07. The standard InChI is InChI=1S/C14H12BrNO3/c15-10-2-3-11(16)13(6-10)17-7-9-1-4-12-14(5-9)19-8-18-12/h1-6H,7-8,16H2. The minimum absolute atomic E-state index is 0.276. The fraction of sp³-hybridized carbons (Fsp3) is 0.143. The molecular formula is C14H12BrNO3. The summed E-state index contributed by atoms with van der Waals surface area (Å²) in [6.45, 7) is 0.704. The summed E-state index contributed by atoms with van der Waals surface area (Å²) >= 11 is 3.39. The Hall–Kier alpha value is -1.88. The molecule has 4 nitrogen and oxygen atoms in total. The lowest BCUT2D eigenvalue weighted by atomic mass is 10.2. The van der Waals surface area contributed by atoms with E-state index in [9.17, 15) is 0 Å². The molecule has 2 N–H and O–H groups in total. The molecule has 0 atom stereocenters. The molecule has 1 heterocycles. The monoisotopic (exact) mass is 321 g/mol. The van der Waals surface area contributed by atoms with Crippen LogP contribution in [0.5, 0.6) is 17.2 Å². The van der Waals surface area contributed by atoms with Crippen molar-refractivity contribution in [3.05, 3.63) is 46.4 Å². The molecule has 0 fully saturated rings. The summed E-state index contributed by atoms with van der Waals surface area (Å²) in [6, 6.07) is 11.3. The van der Waals surface area contributed by atoms with Gasteiger partial charge in [0, 0.05) is 4.47 Å². The highest BCUT2D eigenvalue weighted by molar-refractivity contribution is 9.10. The van der Waals surface area contributed by atoms with Gasteiger partial charge in [-0.05, 0) is 35.9 Å². The molecule has 0 saturated heterocycles. The Morgan fingerprint density at radius 3 is 2.84 bits per heavy atom. The van der Waals surface area contributed by atoms with Crippen LogP contribution in [0.1, 0.15) is 5.56 Å². The SMILES string of the molecule is Nc1ccc(Br)cc1OCc1ccc2c(c1)OCO2. The number of hydrogen-bond acceptors (Lipinski definition) is 4. The third-order valence-corrected chi connectivity index (χ3v) is 3.30. The second kappa shape index (κ2) is 5.01. The van der Waals surface area contributed by atoms with Gasteiger partial charge in [-0.15, -0.1) is 0 Å². The van der Waals surface area contributed by atoms with Crippen molar-refractivity contribution in [2.45, 2.75) is 6.61 Å². The number of halogens is 1. The van der Waals surface area contributed by atoms with Crippen LogP contribution < -0.4 is 19.9 Å². The quantitative estimate of drug-likeness (QED) is 0.881. The molecule has 0 saturated carbocycles. The molecule has 3 rings (SSSR count). The summed E-state index contributed by atoms with van der Waals surface area (Å²) in [6.07, 6.45) is 0. The minimum Gasteiger partial charge on any atom is -0.487 e. The number of anilines is 1. The van der Waals surface area contributed by atoms with Gasteiger partial charge in [0.2, 0.25) is 6.79 Å². The van der Waals surface area contributed by atoms with Crippen molar-refractivity contribution in [2.75, 3.05) is 12.5 Å². The van der Waals surface area contributed by atoms with E-state index in [-0.39, 0.29) is 6.79 Å². The Morgan fingerprint density at radius 2 is 1.95 bits per heavy atom. The molecule has 0 amide bonds. The first-order valence-electron chi connectivity index (χ1n) is 5.79. The van der Waals surface area contributed by atoms with E-state index in [2.05, 4.69) is 15.9 Å². The molecule has 0 spiro atoms. The zero-order valence-electron chi connectivity index (χ0n) is 10.1. The summed E-state index contributed by atoms with van der Waals surface area (Å²) in [4.78, 5) is 0. The highest BCUT2D eigenvalue weighted by Crippen LogP contribution is 2.33. The summed E-state index contributed by atoms with van der Waals surface area (Å²) in [5, 5.41) is 0.